The fourth-order valence-corrected chi connectivity index (χ4v) is 3.48. The van der Waals surface area contributed by atoms with E-state index in [1.807, 2.05) is 24.3 Å². The zero-order valence-corrected chi connectivity index (χ0v) is 16.5. The number of carbonyl (C=O) groups is 1. The van der Waals surface area contributed by atoms with Crippen LogP contribution in [0, 0.1) is 5.92 Å². The summed E-state index contributed by atoms with van der Waals surface area (Å²) in [6.45, 7) is 4.74. The van der Waals surface area contributed by atoms with Crippen LogP contribution in [0.3, 0.4) is 0 Å². The number of fused-ring (bicyclic) bond motifs is 1. The first kappa shape index (κ1) is 19.1. The van der Waals surface area contributed by atoms with Gasteiger partial charge in [-0.3, -0.25) is 4.79 Å². The lowest BCUT2D eigenvalue weighted by atomic mass is 9.95. The summed E-state index contributed by atoms with van der Waals surface area (Å²) in [5.74, 6) is 2.91. The molecule has 3 rings (SSSR count). The van der Waals surface area contributed by atoms with Crippen molar-refractivity contribution in [2.45, 2.75) is 26.7 Å². The molecule has 5 heteroatoms. The average molecular weight is 370 g/mol. The van der Waals surface area contributed by atoms with Gasteiger partial charge in [0.25, 0.3) is 0 Å². The topological polar surface area (TPSA) is 54.0 Å². The molecule has 5 nitrogen and oxygen atoms in total. The number of ketones is 1. The molecule has 0 spiro atoms. The zero-order valence-electron chi connectivity index (χ0n) is 16.5. The number of hydrogen-bond acceptors (Lipinski definition) is 5. The van der Waals surface area contributed by atoms with Gasteiger partial charge in [0, 0.05) is 12.0 Å². The Kier molecular flexibility index (Phi) is 5.59. The monoisotopic (exact) mass is 370 g/mol. The van der Waals surface area contributed by atoms with E-state index in [4.69, 9.17) is 18.9 Å². The van der Waals surface area contributed by atoms with E-state index in [1.54, 1.807) is 21.3 Å². The van der Waals surface area contributed by atoms with Gasteiger partial charge in [-0.1, -0.05) is 19.9 Å². The molecular formula is C22H26O5. The van der Waals surface area contributed by atoms with E-state index < -0.39 is 0 Å². The summed E-state index contributed by atoms with van der Waals surface area (Å²) < 4.78 is 22.6. The molecule has 0 unspecified atom stereocenters. The Balaban J connectivity index is 2.21. The number of benzene rings is 2. The van der Waals surface area contributed by atoms with Gasteiger partial charge in [0.15, 0.2) is 17.3 Å². The highest BCUT2D eigenvalue weighted by Crippen LogP contribution is 2.47. The Labute approximate surface area is 160 Å². The summed E-state index contributed by atoms with van der Waals surface area (Å²) in [5.41, 5.74) is 3.54. The number of Topliss-reactive ketones (excluding diaryl/α,β-unsaturated/α-hetero) is 1. The Morgan fingerprint density at radius 1 is 0.852 bits per heavy atom. The molecule has 0 atom stereocenters. The predicted molar refractivity (Wildman–Crippen MR) is 105 cm³/mol. The number of carbonyl (C=O) groups excluding carboxylic acids is 1. The van der Waals surface area contributed by atoms with Gasteiger partial charge in [0.1, 0.15) is 5.75 Å². The van der Waals surface area contributed by atoms with E-state index in [0.717, 1.165) is 16.7 Å². The third-order valence-electron chi connectivity index (χ3n) is 4.73. The first-order valence-electron chi connectivity index (χ1n) is 9.13. The average Bonchev–Trinajstić information content (AvgIpc) is 3.06. The summed E-state index contributed by atoms with van der Waals surface area (Å²) in [5, 5.41) is 0. The highest BCUT2D eigenvalue weighted by molar-refractivity contribution is 6.05. The van der Waals surface area contributed by atoms with E-state index in [-0.39, 0.29) is 5.78 Å². The fourth-order valence-electron chi connectivity index (χ4n) is 3.48. The second-order valence-electron chi connectivity index (χ2n) is 6.97. The van der Waals surface area contributed by atoms with Crippen molar-refractivity contribution in [3.63, 3.8) is 0 Å². The maximum atomic E-state index is 12.4. The van der Waals surface area contributed by atoms with Crippen LogP contribution in [-0.4, -0.2) is 33.7 Å². The molecule has 0 aromatic heterocycles. The SMILES string of the molecule is COc1ccc(-c2ccc(OC)c3c2CCC3=O)c(OCC(C)C)c1OC. The summed E-state index contributed by atoms with van der Waals surface area (Å²) in [6, 6.07) is 7.66. The second kappa shape index (κ2) is 7.91. The van der Waals surface area contributed by atoms with Crippen LogP contribution in [0.4, 0.5) is 0 Å². The van der Waals surface area contributed by atoms with Gasteiger partial charge in [-0.15, -0.1) is 0 Å². The smallest absolute Gasteiger partial charge is 0.203 e. The zero-order chi connectivity index (χ0) is 19.6. The summed E-state index contributed by atoms with van der Waals surface area (Å²) in [4.78, 5) is 12.4. The maximum Gasteiger partial charge on any atom is 0.203 e. The lowest BCUT2D eigenvalue weighted by Crippen LogP contribution is -2.08. The number of hydrogen-bond donors (Lipinski definition) is 0. The van der Waals surface area contributed by atoms with Crippen LogP contribution in [0.25, 0.3) is 11.1 Å². The molecule has 1 aliphatic carbocycles. The molecule has 2 aromatic carbocycles. The Bertz CT molecular complexity index is 854. The van der Waals surface area contributed by atoms with Crippen LogP contribution < -0.4 is 18.9 Å². The minimum atomic E-state index is 0.119. The molecule has 0 aliphatic heterocycles. The third kappa shape index (κ3) is 3.46. The van der Waals surface area contributed by atoms with Crippen molar-refractivity contribution in [2.75, 3.05) is 27.9 Å². The van der Waals surface area contributed by atoms with Crippen LogP contribution in [-0.2, 0) is 6.42 Å². The van der Waals surface area contributed by atoms with Gasteiger partial charge in [-0.05, 0) is 41.7 Å². The number of methoxy groups -OCH3 is 3. The van der Waals surface area contributed by atoms with Gasteiger partial charge in [0.2, 0.25) is 5.75 Å². The normalized spacial score (nSPS) is 12.9. The Morgan fingerprint density at radius 2 is 1.52 bits per heavy atom. The first-order valence-corrected chi connectivity index (χ1v) is 9.13. The van der Waals surface area contributed by atoms with Gasteiger partial charge in [0.05, 0.1) is 33.5 Å². The Morgan fingerprint density at radius 3 is 2.15 bits per heavy atom. The summed E-state index contributed by atoms with van der Waals surface area (Å²) in [6.07, 6.45) is 1.19. The predicted octanol–water partition coefficient (Wildman–Crippen LogP) is 4.54. The molecule has 0 bridgehead atoms. The van der Waals surface area contributed by atoms with Crippen molar-refractivity contribution >= 4 is 5.78 Å². The van der Waals surface area contributed by atoms with E-state index in [2.05, 4.69) is 13.8 Å². The molecule has 27 heavy (non-hydrogen) atoms. The molecule has 0 radical (unpaired) electrons. The summed E-state index contributed by atoms with van der Waals surface area (Å²) in [7, 11) is 4.80. The van der Waals surface area contributed by atoms with Crippen molar-refractivity contribution in [3.8, 4) is 34.1 Å². The number of rotatable bonds is 7. The molecule has 144 valence electrons. The molecule has 0 fully saturated rings. The van der Waals surface area contributed by atoms with Gasteiger partial charge in [-0.2, -0.15) is 0 Å². The van der Waals surface area contributed by atoms with Crippen LogP contribution in [0.2, 0.25) is 0 Å². The molecule has 0 N–H and O–H groups in total. The molecular weight excluding hydrogens is 344 g/mol. The van der Waals surface area contributed by atoms with E-state index in [9.17, 15) is 4.79 Å². The van der Waals surface area contributed by atoms with Crippen molar-refractivity contribution < 1.29 is 23.7 Å². The minimum absolute atomic E-state index is 0.119. The van der Waals surface area contributed by atoms with Gasteiger partial charge < -0.3 is 18.9 Å². The quantitative estimate of drug-likeness (QED) is 0.716. The van der Waals surface area contributed by atoms with Crippen LogP contribution in [0.5, 0.6) is 23.0 Å². The lowest BCUT2D eigenvalue weighted by Gasteiger charge is -2.20. The van der Waals surface area contributed by atoms with Crippen LogP contribution in [0.15, 0.2) is 24.3 Å². The number of ether oxygens (including phenoxy) is 4. The second-order valence-corrected chi connectivity index (χ2v) is 6.97. The highest BCUT2D eigenvalue weighted by Gasteiger charge is 2.29. The van der Waals surface area contributed by atoms with Crippen molar-refractivity contribution in [1.82, 2.24) is 0 Å². The molecule has 0 heterocycles. The molecule has 0 saturated heterocycles. The van der Waals surface area contributed by atoms with Crippen molar-refractivity contribution in [1.29, 1.82) is 0 Å². The minimum Gasteiger partial charge on any atom is -0.496 e. The third-order valence-corrected chi connectivity index (χ3v) is 4.73. The van der Waals surface area contributed by atoms with E-state index in [0.29, 0.717) is 53.9 Å². The van der Waals surface area contributed by atoms with Crippen molar-refractivity contribution in [2.24, 2.45) is 5.92 Å². The highest BCUT2D eigenvalue weighted by atomic mass is 16.5. The van der Waals surface area contributed by atoms with E-state index >= 15 is 0 Å². The van der Waals surface area contributed by atoms with Gasteiger partial charge >= 0.3 is 0 Å². The van der Waals surface area contributed by atoms with Gasteiger partial charge in [-0.25, -0.2) is 0 Å². The molecule has 0 saturated carbocycles. The maximum absolute atomic E-state index is 12.4. The standard InChI is InChI=1S/C22H26O5/c1-13(2)12-27-21-16(8-11-19(25-4)22(21)26-5)14-7-10-18(24-3)20-15(14)6-9-17(20)23/h7-8,10-11,13H,6,9,12H2,1-5H3. The largest absolute Gasteiger partial charge is 0.496 e. The van der Waals surface area contributed by atoms with Crippen LogP contribution >= 0.6 is 0 Å². The van der Waals surface area contributed by atoms with Crippen LogP contribution in [0.1, 0.15) is 36.2 Å². The lowest BCUT2D eigenvalue weighted by molar-refractivity contribution is 0.0992. The van der Waals surface area contributed by atoms with Crippen molar-refractivity contribution in [3.05, 3.63) is 35.4 Å². The Hall–Kier alpha value is -2.69. The summed E-state index contributed by atoms with van der Waals surface area (Å²) >= 11 is 0. The molecule has 0 amide bonds. The first-order chi connectivity index (χ1) is 13.0. The fraction of sp³-hybridized carbons (Fsp3) is 0.409. The van der Waals surface area contributed by atoms with E-state index in [1.165, 1.54) is 0 Å². The molecule has 2 aromatic rings. The molecule has 1 aliphatic rings.